The first-order valence-corrected chi connectivity index (χ1v) is 9.04. The fourth-order valence-electron chi connectivity index (χ4n) is 2.89. The normalized spacial score (nSPS) is 17.0. The Hall–Kier alpha value is -1.49. The van der Waals surface area contributed by atoms with Crippen LogP contribution in [-0.2, 0) is 11.2 Å². The Morgan fingerprint density at radius 1 is 1.26 bits per heavy atom. The van der Waals surface area contributed by atoms with Crippen molar-refractivity contribution in [1.82, 2.24) is 10.6 Å². The van der Waals surface area contributed by atoms with Gasteiger partial charge in [-0.05, 0) is 31.9 Å². The first-order valence-electron chi connectivity index (χ1n) is 9.04. The molecule has 0 radical (unpaired) electrons. The molecule has 130 valence electrons. The van der Waals surface area contributed by atoms with E-state index in [2.05, 4.69) is 22.5 Å². The first-order chi connectivity index (χ1) is 11.4. The summed E-state index contributed by atoms with van der Waals surface area (Å²) in [5.74, 6) is 1.84. The van der Waals surface area contributed by atoms with Gasteiger partial charge in [-0.25, -0.2) is 0 Å². The van der Waals surface area contributed by atoms with Gasteiger partial charge >= 0.3 is 0 Å². The van der Waals surface area contributed by atoms with Crippen LogP contribution < -0.4 is 10.6 Å². The lowest BCUT2D eigenvalue weighted by Crippen LogP contribution is -2.38. The van der Waals surface area contributed by atoms with Crippen molar-refractivity contribution in [3.05, 3.63) is 24.2 Å². The number of rotatable bonds is 8. The Labute approximate surface area is 139 Å². The third-order valence-corrected chi connectivity index (χ3v) is 4.11. The predicted octanol–water partition coefficient (Wildman–Crippen LogP) is 3.12. The Morgan fingerprint density at radius 2 is 2.09 bits per heavy atom. The number of nitrogens with zero attached hydrogens (tertiary/aromatic N) is 1. The number of aliphatic imine (C=N–C) groups is 1. The number of hydrogen-bond donors (Lipinski definition) is 2. The molecule has 1 aliphatic carbocycles. The third kappa shape index (κ3) is 7.55. The van der Waals surface area contributed by atoms with Crippen molar-refractivity contribution in [2.75, 3.05) is 26.2 Å². The van der Waals surface area contributed by atoms with Gasteiger partial charge in [0.2, 0.25) is 0 Å². The molecule has 1 saturated carbocycles. The smallest absolute Gasteiger partial charge is 0.191 e. The monoisotopic (exact) mass is 321 g/mol. The van der Waals surface area contributed by atoms with Crippen LogP contribution in [0.1, 0.15) is 51.2 Å². The highest BCUT2D eigenvalue weighted by atomic mass is 16.5. The Bertz CT molecular complexity index is 423. The molecule has 1 heterocycles. The Morgan fingerprint density at radius 3 is 2.78 bits per heavy atom. The van der Waals surface area contributed by atoms with Gasteiger partial charge in [0.15, 0.2) is 5.96 Å². The molecule has 0 unspecified atom stereocenters. The summed E-state index contributed by atoms with van der Waals surface area (Å²) < 4.78 is 11.3. The van der Waals surface area contributed by atoms with Crippen LogP contribution in [0.2, 0.25) is 0 Å². The zero-order valence-corrected chi connectivity index (χ0v) is 14.4. The molecule has 23 heavy (non-hydrogen) atoms. The summed E-state index contributed by atoms with van der Waals surface area (Å²) in [6, 6.07) is 3.91. The highest BCUT2D eigenvalue weighted by Gasteiger charge is 2.11. The van der Waals surface area contributed by atoms with Crippen molar-refractivity contribution in [3.63, 3.8) is 0 Å². The maximum atomic E-state index is 5.98. The standard InChI is InChI=1S/C18H31N3O2/c1-2-19-18(20-12-11-17-10-7-14-22-17)21-13-15-23-16-8-5-3-4-6-9-16/h7,10,14,16H,2-6,8-9,11-13,15H2,1H3,(H2,19,20,21). The van der Waals surface area contributed by atoms with Crippen LogP contribution in [-0.4, -0.2) is 38.3 Å². The van der Waals surface area contributed by atoms with Crippen molar-refractivity contribution in [2.24, 2.45) is 4.99 Å². The third-order valence-electron chi connectivity index (χ3n) is 4.11. The quantitative estimate of drug-likeness (QED) is 0.334. The van der Waals surface area contributed by atoms with E-state index in [1.54, 1.807) is 6.26 Å². The summed E-state index contributed by atoms with van der Waals surface area (Å²) in [6.07, 6.45) is 10.8. The fourth-order valence-corrected chi connectivity index (χ4v) is 2.89. The molecule has 0 amide bonds. The summed E-state index contributed by atoms with van der Waals surface area (Å²) in [5, 5.41) is 6.59. The van der Waals surface area contributed by atoms with E-state index in [1.165, 1.54) is 38.5 Å². The van der Waals surface area contributed by atoms with E-state index in [0.29, 0.717) is 19.3 Å². The lowest BCUT2D eigenvalue weighted by atomic mass is 10.1. The van der Waals surface area contributed by atoms with Crippen molar-refractivity contribution < 1.29 is 9.15 Å². The van der Waals surface area contributed by atoms with Gasteiger partial charge in [-0.2, -0.15) is 0 Å². The number of hydrogen-bond acceptors (Lipinski definition) is 3. The summed E-state index contributed by atoms with van der Waals surface area (Å²) in [6.45, 7) is 5.15. The zero-order valence-electron chi connectivity index (χ0n) is 14.4. The molecule has 1 aromatic rings. The molecular weight excluding hydrogens is 290 g/mol. The van der Waals surface area contributed by atoms with Gasteiger partial charge in [0.1, 0.15) is 5.76 Å². The van der Waals surface area contributed by atoms with Gasteiger partial charge in [-0.15, -0.1) is 0 Å². The van der Waals surface area contributed by atoms with Crippen molar-refractivity contribution >= 4 is 5.96 Å². The van der Waals surface area contributed by atoms with Crippen LogP contribution >= 0.6 is 0 Å². The summed E-state index contributed by atoms with van der Waals surface area (Å²) in [4.78, 5) is 4.58. The van der Waals surface area contributed by atoms with Gasteiger partial charge in [0.25, 0.3) is 0 Å². The van der Waals surface area contributed by atoms with Crippen LogP contribution in [0.3, 0.4) is 0 Å². The molecule has 0 bridgehead atoms. The summed E-state index contributed by atoms with van der Waals surface area (Å²) in [7, 11) is 0. The van der Waals surface area contributed by atoms with Gasteiger partial charge < -0.3 is 19.8 Å². The Balaban J connectivity index is 1.63. The highest BCUT2D eigenvalue weighted by Crippen LogP contribution is 2.19. The van der Waals surface area contributed by atoms with Crippen LogP contribution in [0.5, 0.6) is 0 Å². The summed E-state index contributed by atoms with van der Waals surface area (Å²) >= 11 is 0. The molecule has 5 heteroatoms. The largest absolute Gasteiger partial charge is 0.469 e. The number of guanidine groups is 1. The van der Waals surface area contributed by atoms with E-state index in [9.17, 15) is 0 Å². The van der Waals surface area contributed by atoms with E-state index >= 15 is 0 Å². The zero-order chi connectivity index (χ0) is 16.2. The van der Waals surface area contributed by atoms with Gasteiger partial charge in [-0.1, -0.05) is 25.7 Å². The molecule has 0 atom stereocenters. The average Bonchev–Trinajstić information content (AvgIpc) is 2.94. The van der Waals surface area contributed by atoms with Crippen LogP contribution in [0.15, 0.2) is 27.8 Å². The second-order valence-corrected chi connectivity index (χ2v) is 6.00. The SMILES string of the molecule is CCNC(=NCCOC1CCCCCC1)NCCc1ccco1. The van der Waals surface area contributed by atoms with Crippen molar-refractivity contribution in [3.8, 4) is 0 Å². The van der Waals surface area contributed by atoms with E-state index in [0.717, 1.165) is 31.2 Å². The minimum absolute atomic E-state index is 0.446. The van der Waals surface area contributed by atoms with Gasteiger partial charge in [0.05, 0.1) is 25.5 Å². The molecule has 0 saturated heterocycles. The predicted molar refractivity (Wildman–Crippen MR) is 93.8 cm³/mol. The topological polar surface area (TPSA) is 58.8 Å². The molecule has 2 rings (SSSR count). The highest BCUT2D eigenvalue weighted by molar-refractivity contribution is 5.79. The van der Waals surface area contributed by atoms with E-state index in [4.69, 9.17) is 9.15 Å². The molecule has 1 aromatic heterocycles. The maximum absolute atomic E-state index is 5.98. The number of nitrogens with one attached hydrogen (secondary N) is 2. The van der Waals surface area contributed by atoms with Crippen LogP contribution in [0, 0.1) is 0 Å². The molecule has 1 aliphatic rings. The minimum atomic E-state index is 0.446. The van der Waals surface area contributed by atoms with E-state index in [1.807, 2.05) is 12.1 Å². The fraction of sp³-hybridized carbons (Fsp3) is 0.722. The average molecular weight is 321 g/mol. The van der Waals surface area contributed by atoms with Gasteiger partial charge in [-0.3, -0.25) is 4.99 Å². The number of ether oxygens (including phenoxy) is 1. The molecule has 2 N–H and O–H groups in total. The van der Waals surface area contributed by atoms with Gasteiger partial charge in [0, 0.05) is 19.5 Å². The minimum Gasteiger partial charge on any atom is -0.469 e. The number of furan rings is 1. The maximum Gasteiger partial charge on any atom is 0.191 e. The van der Waals surface area contributed by atoms with Crippen molar-refractivity contribution in [2.45, 2.75) is 58.0 Å². The molecule has 0 spiro atoms. The molecule has 0 aliphatic heterocycles. The molecule has 0 aromatic carbocycles. The lowest BCUT2D eigenvalue weighted by molar-refractivity contribution is 0.0487. The van der Waals surface area contributed by atoms with E-state index in [-0.39, 0.29) is 0 Å². The van der Waals surface area contributed by atoms with Crippen molar-refractivity contribution in [1.29, 1.82) is 0 Å². The molecule has 5 nitrogen and oxygen atoms in total. The first kappa shape index (κ1) is 17.9. The molecular formula is C18H31N3O2. The molecule has 1 fully saturated rings. The van der Waals surface area contributed by atoms with Crippen LogP contribution in [0.25, 0.3) is 0 Å². The summed E-state index contributed by atoms with van der Waals surface area (Å²) in [5.41, 5.74) is 0. The van der Waals surface area contributed by atoms with E-state index < -0.39 is 0 Å². The second-order valence-electron chi connectivity index (χ2n) is 6.00. The Kier molecular flexibility index (Phi) is 8.62. The van der Waals surface area contributed by atoms with Crippen LogP contribution in [0.4, 0.5) is 0 Å². The lowest BCUT2D eigenvalue weighted by Gasteiger charge is -2.15. The second kappa shape index (κ2) is 11.1.